The van der Waals surface area contributed by atoms with Crippen molar-refractivity contribution < 1.29 is 4.79 Å². The van der Waals surface area contributed by atoms with E-state index in [9.17, 15) is 4.79 Å². The van der Waals surface area contributed by atoms with Gasteiger partial charge in [0.25, 0.3) is 0 Å². The quantitative estimate of drug-likeness (QED) is 0.741. The summed E-state index contributed by atoms with van der Waals surface area (Å²) in [5.41, 5.74) is 1.19. The molecular formula is C19H22N4O. The second-order valence-corrected chi connectivity index (χ2v) is 6.46. The number of piperidine rings is 1. The van der Waals surface area contributed by atoms with Crippen molar-refractivity contribution >= 4 is 16.8 Å². The van der Waals surface area contributed by atoms with E-state index in [2.05, 4.69) is 38.5 Å². The standard InChI is InChI=1S/C19H22N4O/c24-19(8-12-21-11-7-16-4-1-2-6-18(16)21)22-10-3-5-17(14-22)23-13-9-20-15-23/h1-2,4,6-7,9,11,13,15,17H,3,5,8,10,12,14H2/t17-/m0/s1. The van der Waals surface area contributed by atoms with E-state index in [1.54, 1.807) is 6.20 Å². The van der Waals surface area contributed by atoms with Gasteiger partial charge in [0, 0.05) is 50.2 Å². The number of carbonyl (C=O) groups is 1. The number of para-hydroxylation sites is 1. The number of carbonyl (C=O) groups excluding carboxylic acids is 1. The molecule has 5 heteroatoms. The van der Waals surface area contributed by atoms with Gasteiger partial charge in [-0.2, -0.15) is 0 Å². The van der Waals surface area contributed by atoms with Gasteiger partial charge in [-0.3, -0.25) is 4.79 Å². The van der Waals surface area contributed by atoms with E-state index < -0.39 is 0 Å². The van der Waals surface area contributed by atoms with Gasteiger partial charge >= 0.3 is 0 Å². The molecule has 1 atom stereocenters. The Morgan fingerprint density at radius 2 is 2.12 bits per heavy atom. The van der Waals surface area contributed by atoms with Crippen LogP contribution in [-0.4, -0.2) is 38.0 Å². The molecular weight excluding hydrogens is 300 g/mol. The lowest BCUT2D eigenvalue weighted by atomic mass is 10.1. The molecule has 0 aliphatic carbocycles. The number of aromatic nitrogens is 3. The molecule has 4 rings (SSSR count). The molecule has 2 aromatic heterocycles. The smallest absolute Gasteiger partial charge is 0.224 e. The molecule has 3 aromatic rings. The van der Waals surface area contributed by atoms with Crippen LogP contribution in [0.4, 0.5) is 0 Å². The summed E-state index contributed by atoms with van der Waals surface area (Å²) in [5.74, 6) is 0.248. The van der Waals surface area contributed by atoms with E-state index in [1.165, 1.54) is 10.9 Å². The van der Waals surface area contributed by atoms with Crippen molar-refractivity contribution in [3.8, 4) is 0 Å². The number of hydrogen-bond acceptors (Lipinski definition) is 2. The maximum atomic E-state index is 12.6. The Balaban J connectivity index is 1.39. The highest BCUT2D eigenvalue weighted by atomic mass is 16.2. The molecule has 1 aliphatic rings. The van der Waals surface area contributed by atoms with Gasteiger partial charge in [-0.25, -0.2) is 4.98 Å². The van der Waals surface area contributed by atoms with Gasteiger partial charge in [-0.05, 0) is 30.4 Å². The molecule has 0 radical (unpaired) electrons. The second kappa shape index (κ2) is 6.51. The topological polar surface area (TPSA) is 43.1 Å². The molecule has 3 heterocycles. The fourth-order valence-electron chi connectivity index (χ4n) is 3.62. The van der Waals surface area contributed by atoms with Crippen molar-refractivity contribution in [2.24, 2.45) is 0 Å². The number of benzene rings is 1. The number of rotatable bonds is 4. The van der Waals surface area contributed by atoms with Crippen LogP contribution in [0.25, 0.3) is 10.9 Å². The first-order valence-electron chi connectivity index (χ1n) is 8.60. The summed E-state index contributed by atoms with van der Waals surface area (Å²) in [5, 5.41) is 1.23. The molecule has 0 unspecified atom stereocenters. The number of nitrogens with zero attached hydrogens (tertiary/aromatic N) is 4. The lowest BCUT2D eigenvalue weighted by Gasteiger charge is -2.33. The van der Waals surface area contributed by atoms with Gasteiger partial charge in [-0.15, -0.1) is 0 Å². The SMILES string of the molecule is O=C(CCn1ccc2ccccc21)N1CCC[C@H](n2ccnc2)C1. The summed E-state index contributed by atoms with van der Waals surface area (Å²) in [6.45, 7) is 2.40. The normalized spacial score (nSPS) is 18.2. The molecule has 1 amide bonds. The Morgan fingerprint density at radius 1 is 1.21 bits per heavy atom. The predicted molar refractivity (Wildman–Crippen MR) is 93.6 cm³/mol. The molecule has 1 saturated heterocycles. The third-order valence-electron chi connectivity index (χ3n) is 4.94. The minimum atomic E-state index is 0.248. The molecule has 0 N–H and O–H groups in total. The van der Waals surface area contributed by atoms with Gasteiger partial charge in [0.15, 0.2) is 0 Å². The minimum Gasteiger partial charge on any atom is -0.347 e. The second-order valence-electron chi connectivity index (χ2n) is 6.46. The van der Waals surface area contributed by atoms with Crippen LogP contribution in [0.2, 0.25) is 0 Å². The van der Waals surface area contributed by atoms with E-state index in [0.29, 0.717) is 12.5 Å². The van der Waals surface area contributed by atoms with Gasteiger partial charge in [0.2, 0.25) is 5.91 Å². The van der Waals surface area contributed by atoms with Gasteiger partial charge in [-0.1, -0.05) is 18.2 Å². The summed E-state index contributed by atoms with van der Waals surface area (Å²) >= 11 is 0. The van der Waals surface area contributed by atoms with E-state index in [1.807, 2.05) is 29.6 Å². The predicted octanol–water partition coefficient (Wildman–Crippen LogP) is 3.09. The zero-order valence-electron chi connectivity index (χ0n) is 13.7. The Labute approximate surface area is 141 Å². The first-order chi connectivity index (χ1) is 11.8. The molecule has 124 valence electrons. The Hall–Kier alpha value is -2.56. The molecule has 0 bridgehead atoms. The number of amides is 1. The Bertz CT molecular complexity index is 821. The van der Waals surface area contributed by atoms with Crippen molar-refractivity contribution in [2.75, 3.05) is 13.1 Å². The zero-order valence-corrected chi connectivity index (χ0v) is 13.7. The number of likely N-dealkylation sites (tertiary alicyclic amines) is 1. The van der Waals surface area contributed by atoms with E-state index in [4.69, 9.17) is 0 Å². The molecule has 24 heavy (non-hydrogen) atoms. The van der Waals surface area contributed by atoms with Crippen molar-refractivity contribution in [1.82, 2.24) is 19.0 Å². The minimum absolute atomic E-state index is 0.248. The highest BCUT2D eigenvalue weighted by Crippen LogP contribution is 2.22. The van der Waals surface area contributed by atoms with Crippen LogP contribution in [0.15, 0.2) is 55.2 Å². The van der Waals surface area contributed by atoms with E-state index in [-0.39, 0.29) is 5.91 Å². The third kappa shape index (κ3) is 2.94. The average molecular weight is 322 g/mol. The highest BCUT2D eigenvalue weighted by Gasteiger charge is 2.24. The lowest BCUT2D eigenvalue weighted by molar-refractivity contribution is -0.133. The van der Waals surface area contributed by atoms with Gasteiger partial charge < -0.3 is 14.0 Å². The Kier molecular flexibility index (Phi) is 4.07. The average Bonchev–Trinajstić information content (AvgIpc) is 3.30. The highest BCUT2D eigenvalue weighted by molar-refractivity contribution is 5.80. The third-order valence-corrected chi connectivity index (χ3v) is 4.94. The number of imidazole rings is 1. The fourth-order valence-corrected chi connectivity index (χ4v) is 3.62. The number of aryl methyl sites for hydroxylation is 1. The lowest BCUT2D eigenvalue weighted by Crippen LogP contribution is -2.40. The van der Waals surface area contributed by atoms with Crippen LogP contribution in [0, 0.1) is 0 Å². The maximum Gasteiger partial charge on any atom is 0.224 e. The van der Waals surface area contributed by atoms with Crippen LogP contribution >= 0.6 is 0 Å². The van der Waals surface area contributed by atoms with Gasteiger partial charge in [0.1, 0.15) is 0 Å². The van der Waals surface area contributed by atoms with Crippen LogP contribution in [-0.2, 0) is 11.3 Å². The molecule has 5 nitrogen and oxygen atoms in total. The molecule has 1 aromatic carbocycles. The van der Waals surface area contributed by atoms with Crippen LogP contribution in [0.5, 0.6) is 0 Å². The van der Waals surface area contributed by atoms with Crippen molar-refractivity contribution in [1.29, 1.82) is 0 Å². The summed E-state index contributed by atoms with van der Waals surface area (Å²) in [6, 6.07) is 10.8. The number of hydrogen-bond donors (Lipinski definition) is 0. The van der Waals surface area contributed by atoms with Gasteiger partial charge in [0.05, 0.1) is 12.4 Å². The van der Waals surface area contributed by atoms with Crippen molar-refractivity contribution in [3.05, 3.63) is 55.2 Å². The molecule has 0 spiro atoms. The monoisotopic (exact) mass is 322 g/mol. The van der Waals surface area contributed by atoms with Crippen molar-refractivity contribution in [2.45, 2.75) is 31.8 Å². The largest absolute Gasteiger partial charge is 0.347 e. The van der Waals surface area contributed by atoms with Crippen LogP contribution in [0.1, 0.15) is 25.3 Å². The Morgan fingerprint density at radius 3 is 3.00 bits per heavy atom. The summed E-state index contributed by atoms with van der Waals surface area (Å²) < 4.78 is 4.30. The number of fused-ring (bicyclic) bond motifs is 1. The summed E-state index contributed by atoms with van der Waals surface area (Å²) in [6.07, 6.45) is 10.4. The molecule has 1 aliphatic heterocycles. The molecule has 1 fully saturated rings. The maximum absolute atomic E-state index is 12.6. The zero-order chi connectivity index (χ0) is 16.4. The van der Waals surface area contributed by atoms with Crippen molar-refractivity contribution in [3.63, 3.8) is 0 Å². The van der Waals surface area contributed by atoms with E-state index >= 15 is 0 Å². The van der Waals surface area contributed by atoms with Crippen LogP contribution in [0.3, 0.4) is 0 Å². The molecule has 0 saturated carbocycles. The first kappa shape index (κ1) is 15.0. The van der Waals surface area contributed by atoms with Crippen LogP contribution < -0.4 is 0 Å². The summed E-state index contributed by atoms with van der Waals surface area (Å²) in [4.78, 5) is 18.8. The van der Waals surface area contributed by atoms with E-state index in [0.717, 1.165) is 32.5 Å². The fraction of sp³-hybridized carbons (Fsp3) is 0.368. The summed E-state index contributed by atoms with van der Waals surface area (Å²) in [7, 11) is 0. The first-order valence-corrected chi connectivity index (χ1v) is 8.60.